The molecule has 1 amide bonds. The number of aryl methyl sites for hydroxylation is 1. The highest BCUT2D eigenvalue weighted by molar-refractivity contribution is 5.97. The third kappa shape index (κ3) is 3.19. The van der Waals surface area contributed by atoms with Gasteiger partial charge >= 0.3 is 0 Å². The number of carbonyl (C=O) groups is 1. The Kier molecular flexibility index (Phi) is 4.94. The molecular formula is C18H24N4O2. The van der Waals surface area contributed by atoms with Crippen molar-refractivity contribution in [3.05, 3.63) is 39.9 Å². The van der Waals surface area contributed by atoms with Gasteiger partial charge in [0.25, 0.3) is 11.5 Å². The van der Waals surface area contributed by atoms with E-state index >= 15 is 0 Å². The van der Waals surface area contributed by atoms with Crippen LogP contribution in [0.15, 0.2) is 23.0 Å². The zero-order chi connectivity index (χ0) is 17.1. The number of amides is 1. The summed E-state index contributed by atoms with van der Waals surface area (Å²) in [6, 6.07) is 5.19. The van der Waals surface area contributed by atoms with Crippen molar-refractivity contribution in [1.82, 2.24) is 14.5 Å². The lowest BCUT2D eigenvalue weighted by Crippen LogP contribution is -2.29. The van der Waals surface area contributed by atoms with Gasteiger partial charge in [0.05, 0.1) is 10.9 Å². The minimum Gasteiger partial charge on any atom is -0.342 e. The first-order valence-electron chi connectivity index (χ1n) is 8.61. The fourth-order valence-electron chi connectivity index (χ4n) is 3.20. The van der Waals surface area contributed by atoms with Crippen molar-refractivity contribution in [2.45, 2.75) is 38.6 Å². The average molecular weight is 328 g/mol. The molecule has 128 valence electrons. The molecule has 0 aliphatic carbocycles. The van der Waals surface area contributed by atoms with E-state index in [9.17, 15) is 9.59 Å². The van der Waals surface area contributed by atoms with Gasteiger partial charge in [0.15, 0.2) is 0 Å². The molecule has 0 saturated heterocycles. The molecule has 1 aromatic heterocycles. The summed E-state index contributed by atoms with van der Waals surface area (Å²) >= 11 is 0. The lowest BCUT2D eigenvalue weighted by atomic mass is 10.1. The van der Waals surface area contributed by atoms with Crippen molar-refractivity contribution in [3.8, 4) is 0 Å². The molecule has 3 rings (SSSR count). The smallest absolute Gasteiger partial charge is 0.261 e. The van der Waals surface area contributed by atoms with Crippen LogP contribution in [0.1, 0.15) is 41.9 Å². The molecule has 0 saturated carbocycles. The van der Waals surface area contributed by atoms with Crippen LogP contribution >= 0.6 is 0 Å². The first kappa shape index (κ1) is 16.6. The molecule has 1 aromatic carbocycles. The monoisotopic (exact) mass is 328 g/mol. The van der Waals surface area contributed by atoms with Crippen molar-refractivity contribution in [2.75, 3.05) is 20.1 Å². The van der Waals surface area contributed by atoms with Gasteiger partial charge < -0.3 is 10.6 Å². The number of nitrogens with two attached hydrogens (primary N) is 1. The predicted octanol–water partition coefficient (Wildman–Crippen LogP) is 1.54. The molecule has 0 fully saturated rings. The van der Waals surface area contributed by atoms with Gasteiger partial charge in [-0.2, -0.15) is 0 Å². The van der Waals surface area contributed by atoms with E-state index in [0.717, 1.165) is 44.5 Å². The zero-order valence-corrected chi connectivity index (χ0v) is 14.1. The molecule has 2 heterocycles. The number of benzene rings is 1. The Morgan fingerprint density at radius 2 is 2.17 bits per heavy atom. The highest BCUT2D eigenvalue weighted by Crippen LogP contribution is 2.17. The van der Waals surface area contributed by atoms with Crippen LogP contribution in [0.5, 0.6) is 0 Å². The minimum atomic E-state index is -0.0674. The van der Waals surface area contributed by atoms with Gasteiger partial charge in [-0.1, -0.05) is 6.42 Å². The van der Waals surface area contributed by atoms with Gasteiger partial charge in [0, 0.05) is 32.1 Å². The number of hydrogen-bond donors (Lipinski definition) is 1. The minimum absolute atomic E-state index is 0.00684. The highest BCUT2D eigenvalue weighted by atomic mass is 16.2. The van der Waals surface area contributed by atoms with E-state index in [4.69, 9.17) is 5.73 Å². The Hall–Kier alpha value is -2.21. The number of aromatic nitrogens is 2. The second kappa shape index (κ2) is 7.13. The second-order valence-corrected chi connectivity index (χ2v) is 6.40. The SMILES string of the molecule is CN(CCCN)C(=O)c1ccc2c(=O)n3c(nc2c1)CCCCC3. The van der Waals surface area contributed by atoms with Crippen molar-refractivity contribution in [3.63, 3.8) is 0 Å². The summed E-state index contributed by atoms with van der Waals surface area (Å²) < 4.78 is 1.80. The molecule has 2 aromatic rings. The van der Waals surface area contributed by atoms with Crippen LogP contribution in [-0.2, 0) is 13.0 Å². The molecule has 0 unspecified atom stereocenters. The van der Waals surface area contributed by atoms with Crippen LogP contribution in [0.25, 0.3) is 10.9 Å². The number of rotatable bonds is 4. The highest BCUT2D eigenvalue weighted by Gasteiger charge is 2.16. The van der Waals surface area contributed by atoms with E-state index in [1.54, 1.807) is 34.7 Å². The molecule has 0 bridgehead atoms. The predicted molar refractivity (Wildman–Crippen MR) is 94.2 cm³/mol. The maximum absolute atomic E-state index is 12.7. The van der Waals surface area contributed by atoms with Gasteiger partial charge in [-0.25, -0.2) is 4.98 Å². The molecule has 6 heteroatoms. The van der Waals surface area contributed by atoms with Crippen molar-refractivity contribution in [2.24, 2.45) is 5.73 Å². The van der Waals surface area contributed by atoms with E-state index in [-0.39, 0.29) is 11.5 Å². The number of carbonyl (C=O) groups excluding carboxylic acids is 1. The maximum atomic E-state index is 12.7. The summed E-state index contributed by atoms with van der Waals surface area (Å²) in [4.78, 5) is 31.5. The number of hydrogen-bond acceptors (Lipinski definition) is 4. The standard InChI is InChI=1S/C18H24N4O2/c1-21(10-5-9-19)17(23)13-7-8-14-15(12-13)20-16-6-3-2-4-11-22(16)18(14)24/h7-8,12H,2-6,9-11,19H2,1H3. The van der Waals surface area contributed by atoms with Crippen LogP contribution in [0.3, 0.4) is 0 Å². The summed E-state index contributed by atoms with van der Waals surface area (Å²) in [5.41, 5.74) is 6.69. The van der Waals surface area contributed by atoms with E-state index in [1.165, 1.54) is 0 Å². The number of nitrogens with zero attached hydrogens (tertiary/aromatic N) is 3. The molecule has 0 spiro atoms. The van der Waals surface area contributed by atoms with Gasteiger partial charge in [-0.3, -0.25) is 14.2 Å². The zero-order valence-electron chi connectivity index (χ0n) is 14.1. The van der Waals surface area contributed by atoms with E-state index in [1.807, 2.05) is 0 Å². The Morgan fingerprint density at radius 3 is 2.96 bits per heavy atom. The van der Waals surface area contributed by atoms with Crippen LogP contribution < -0.4 is 11.3 Å². The Labute approximate surface area is 141 Å². The Morgan fingerprint density at radius 1 is 1.33 bits per heavy atom. The summed E-state index contributed by atoms with van der Waals surface area (Å²) in [5.74, 6) is 0.772. The fourth-order valence-corrected chi connectivity index (χ4v) is 3.20. The summed E-state index contributed by atoms with van der Waals surface area (Å²) in [6.07, 6.45) is 4.78. The largest absolute Gasteiger partial charge is 0.342 e. The average Bonchev–Trinajstić information content (AvgIpc) is 2.84. The number of fused-ring (bicyclic) bond motifs is 2. The maximum Gasteiger partial charge on any atom is 0.261 e. The Balaban J connectivity index is 1.99. The lowest BCUT2D eigenvalue weighted by Gasteiger charge is -2.17. The van der Waals surface area contributed by atoms with Gasteiger partial charge in [0.1, 0.15) is 5.82 Å². The van der Waals surface area contributed by atoms with Crippen LogP contribution in [0.2, 0.25) is 0 Å². The van der Waals surface area contributed by atoms with Gasteiger partial charge in [-0.15, -0.1) is 0 Å². The molecule has 0 radical (unpaired) electrons. The Bertz CT molecular complexity index is 813. The lowest BCUT2D eigenvalue weighted by molar-refractivity contribution is 0.0794. The van der Waals surface area contributed by atoms with Crippen LogP contribution in [0.4, 0.5) is 0 Å². The van der Waals surface area contributed by atoms with Crippen LogP contribution in [-0.4, -0.2) is 40.5 Å². The summed E-state index contributed by atoms with van der Waals surface area (Å²) in [5, 5.41) is 0.585. The summed E-state index contributed by atoms with van der Waals surface area (Å²) in [6.45, 7) is 1.91. The van der Waals surface area contributed by atoms with Crippen molar-refractivity contribution in [1.29, 1.82) is 0 Å². The quantitative estimate of drug-likeness (QED) is 0.923. The molecule has 1 aliphatic rings. The van der Waals surface area contributed by atoms with E-state index in [0.29, 0.717) is 29.6 Å². The first-order chi connectivity index (χ1) is 11.6. The molecule has 0 atom stereocenters. The fraction of sp³-hybridized carbons (Fsp3) is 0.500. The van der Waals surface area contributed by atoms with Crippen molar-refractivity contribution < 1.29 is 4.79 Å². The first-order valence-corrected chi connectivity index (χ1v) is 8.61. The topological polar surface area (TPSA) is 81.2 Å². The van der Waals surface area contributed by atoms with Gasteiger partial charge in [0.2, 0.25) is 0 Å². The summed E-state index contributed by atoms with van der Waals surface area (Å²) in [7, 11) is 1.77. The normalized spacial score (nSPS) is 14.2. The molecular weight excluding hydrogens is 304 g/mol. The third-order valence-electron chi connectivity index (χ3n) is 4.61. The third-order valence-corrected chi connectivity index (χ3v) is 4.61. The second-order valence-electron chi connectivity index (χ2n) is 6.40. The molecule has 24 heavy (non-hydrogen) atoms. The molecule has 2 N–H and O–H groups in total. The molecule has 1 aliphatic heterocycles. The van der Waals surface area contributed by atoms with Gasteiger partial charge in [-0.05, 0) is 44.0 Å². The van der Waals surface area contributed by atoms with E-state index in [2.05, 4.69) is 4.98 Å². The molecule has 6 nitrogen and oxygen atoms in total. The van der Waals surface area contributed by atoms with E-state index < -0.39 is 0 Å². The van der Waals surface area contributed by atoms with Crippen molar-refractivity contribution >= 4 is 16.8 Å². The van der Waals surface area contributed by atoms with Crippen LogP contribution in [0, 0.1) is 0 Å².